The summed E-state index contributed by atoms with van der Waals surface area (Å²) in [6.07, 6.45) is 2.67. The first-order valence-electron chi connectivity index (χ1n) is 5.78. The zero-order valence-corrected chi connectivity index (χ0v) is 9.77. The lowest BCUT2D eigenvalue weighted by Crippen LogP contribution is -2.15. The van der Waals surface area contributed by atoms with Crippen molar-refractivity contribution >= 4 is 0 Å². The number of hydrogen-bond acceptors (Lipinski definition) is 3. The van der Waals surface area contributed by atoms with Crippen molar-refractivity contribution in [2.45, 2.75) is 52.1 Å². The maximum absolute atomic E-state index is 5.67. The van der Waals surface area contributed by atoms with Gasteiger partial charge >= 0.3 is 0 Å². The maximum Gasteiger partial charge on any atom is 0.147 e. The summed E-state index contributed by atoms with van der Waals surface area (Å²) in [4.78, 5) is 0. The van der Waals surface area contributed by atoms with Crippen LogP contribution in [0, 0.1) is 5.92 Å². The van der Waals surface area contributed by atoms with Crippen molar-refractivity contribution in [2.75, 3.05) is 0 Å². The average molecular weight is 208 g/mol. The lowest BCUT2D eigenvalue weighted by atomic mass is 10.1. The summed E-state index contributed by atoms with van der Waals surface area (Å²) in [5, 5.41) is 8.48. The second-order valence-electron chi connectivity index (χ2n) is 4.77. The lowest BCUT2D eigenvalue weighted by Gasteiger charge is -2.17. The molecule has 0 aromatic carbocycles. The third kappa shape index (κ3) is 1.91. The molecule has 1 fully saturated rings. The minimum absolute atomic E-state index is 0.398. The number of nitrogens with zero attached hydrogens (tertiary/aromatic N) is 3. The standard InChI is InChI=1S/C11H20N4/c1-7(2)15-10(6-12)13-14-11(15)8(3)9-4-5-9/h7-9H,4-6,12H2,1-3H3. The van der Waals surface area contributed by atoms with Gasteiger partial charge in [0.25, 0.3) is 0 Å². The molecule has 1 aromatic heterocycles. The molecule has 1 saturated carbocycles. The summed E-state index contributed by atoms with van der Waals surface area (Å²) < 4.78 is 2.20. The first kappa shape index (κ1) is 10.6. The number of rotatable bonds is 4. The van der Waals surface area contributed by atoms with Gasteiger partial charge in [-0.15, -0.1) is 10.2 Å². The van der Waals surface area contributed by atoms with Crippen molar-refractivity contribution in [1.82, 2.24) is 14.8 Å². The molecule has 4 nitrogen and oxygen atoms in total. The minimum Gasteiger partial charge on any atom is -0.324 e. The van der Waals surface area contributed by atoms with E-state index in [1.807, 2.05) is 0 Å². The highest BCUT2D eigenvalue weighted by molar-refractivity contribution is 5.06. The molecule has 1 aliphatic carbocycles. The van der Waals surface area contributed by atoms with E-state index in [0.29, 0.717) is 18.5 Å². The van der Waals surface area contributed by atoms with E-state index in [1.54, 1.807) is 0 Å². The zero-order valence-electron chi connectivity index (χ0n) is 9.77. The van der Waals surface area contributed by atoms with Crippen molar-refractivity contribution in [2.24, 2.45) is 11.7 Å². The van der Waals surface area contributed by atoms with E-state index < -0.39 is 0 Å². The summed E-state index contributed by atoms with van der Waals surface area (Å²) in [5.74, 6) is 3.37. The number of nitrogens with two attached hydrogens (primary N) is 1. The van der Waals surface area contributed by atoms with E-state index in [1.165, 1.54) is 12.8 Å². The quantitative estimate of drug-likeness (QED) is 0.821. The van der Waals surface area contributed by atoms with Crippen LogP contribution in [0.4, 0.5) is 0 Å². The Kier molecular flexibility index (Phi) is 2.78. The van der Waals surface area contributed by atoms with Gasteiger partial charge in [0.05, 0.1) is 6.54 Å². The highest BCUT2D eigenvalue weighted by Gasteiger charge is 2.33. The molecular formula is C11H20N4. The van der Waals surface area contributed by atoms with E-state index in [0.717, 1.165) is 17.6 Å². The summed E-state index contributed by atoms with van der Waals surface area (Å²) >= 11 is 0. The van der Waals surface area contributed by atoms with Gasteiger partial charge < -0.3 is 10.3 Å². The van der Waals surface area contributed by atoms with E-state index in [9.17, 15) is 0 Å². The average Bonchev–Trinajstić information content (AvgIpc) is 2.95. The first-order chi connectivity index (χ1) is 7.15. The number of aromatic nitrogens is 3. The molecule has 0 bridgehead atoms. The molecule has 0 amide bonds. The fourth-order valence-electron chi connectivity index (χ4n) is 2.16. The second-order valence-corrected chi connectivity index (χ2v) is 4.77. The van der Waals surface area contributed by atoms with Crippen LogP contribution in [-0.4, -0.2) is 14.8 Å². The molecule has 84 valence electrons. The van der Waals surface area contributed by atoms with Crippen LogP contribution in [0.15, 0.2) is 0 Å². The van der Waals surface area contributed by atoms with Gasteiger partial charge in [0.15, 0.2) is 0 Å². The van der Waals surface area contributed by atoms with E-state index in [-0.39, 0.29) is 0 Å². The van der Waals surface area contributed by atoms with Crippen LogP contribution >= 0.6 is 0 Å². The Labute approximate surface area is 90.9 Å². The molecule has 2 N–H and O–H groups in total. The molecule has 1 aliphatic rings. The van der Waals surface area contributed by atoms with Crippen LogP contribution in [0.25, 0.3) is 0 Å². The van der Waals surface area contributed by atoms with Gasteiger partial charge in [-0.2, -0.15) is 0 Å². The molecule has 0 aliphatic heterocycles. The highest BCUT2D eigenvalue weighted by Crippen LogP contribution is 2.42. The molecule has 4 heteroatoms. The maximum atomic E-state index is 5.67. The molecule has 1 aromatic rings. The Hall–Kier alpha value is -0.900. The first-order valence-corrected chi connectivity index (χ1v) is 5.78. The largest absolute Gasteiger partial charge is 0.324 e. The van der Waals surface area contributed by atoms with E-state index in [4.69, 9.17) is 5.73 Å². The van der Waals surface area contributed by atoms with Crippen molar-refractivity contribution in [3.05, 3.63) is 11.6 Å². The van der Waals surface area contributed by atoms with Crippen molar-refractivity contribution in [3.63, 3.8) is 0 Å². The van der Waals surface area contributed by atoms with Crippen LogP contribution in [0.3, 0.4) is 0 Å². The van der Waals surface area contributed by atoms with Crippen molar-refractivity contribution in [3.8, 4) is 0 Å². The molecule has 1 heterocycles. The molecule has 1 atom stereocenters. The molecule has 0 radical (unpaired) electrons. The normalized spacial score (nSPS) is 18.5. The Morgan fingerprint density at radius 3 is 2.47 bits per heavy atom. The molecule has 15 heavy (non-hydrogen) atoms. The second kappa shape index (κ2) is 3.93. The summed E-state index contributed by atoms with van der Waals surface area (Å²) in [6.45, 7) is 7.04. The molecule has 2 rings (SSSR count). The fraction of sp³-hybridized carbons (Fsp3) is 0.818. The van der Waals surface area contributed by atoms with Gasteiger partial charge in [-0.3, -0.25) is 0 Å². The highest BCUT2D eigenvalue weighted by atomic mass is 15.3. The van der Waals surface area contributed by atoms with Gasteiger partial charge in [0.1, 0.15) is 11.6 Å². The van der Waals surface area contributed by atoms with Crippen LogP contribution in [0.2, 0.25) is 0 Å². The van der Waals surface area contributed by atoms with Gasteiger partial charge in [-0.05, 0) is 32.6 Å². The van der Waals surface area contributed by atoms with Crippen molar-refractivity contribution < 1.29 is 0 Å². The van der Waals surface area contributed by atoms with Gasteiger partial charge in [0, 0.05) is 12.0 Å². The summed E-state index contributed by atoms with van der Waals surface area (Å²) in [6, 6.07) is 0.398. The smallest absolute Gasteiger partial charge is 0.147 e. The SMILES string of the molecule is CC(c1nnc(CN)n1C(C)C)C1CC1. The third-order valence-electron chi connectivity index (χ3n) is 3.23. The Morgan fingerprint density at radius 1 is 1.33 bits per heavy atom. The molecule has 0 saturated heterocycles. The summed E-state index contributed by atoms with van der Waals surface area (Å²) in [5.41, 5.74) is 5.67. The van der Waals surface area contributed by atoms with Crippen LogP contribution < -0.4 is 5.73 Å². The Balaban J connectivity index is 2.32. The fourth-order valence-corrected chi connectivity index (χ4v) is 2.16. The monoisotopic (exact) mass is 208 g/mol. The predicted molar refractivity (Wildman–Crippen MR) is 59.4 cm³/mol. The molecular weight excluding hydrogens is 188 g/mol. The van der Waals surface area contributed by atoms with Gasteiger partial charge in [0.2, 0.25) is 0 Å². The van der Waals surface area contributed by atoms with E-state index in [2.05, 4.69) is 35.5 Å². The van der Waals surface area contributed by atoms with Crippen LogP contribution in [-0.2, 0) is 6.54 Å². The lowest BCUT2D eigenvalue weighted by molar-refractivity contribution is 0.500. The Bertz CT molecular complexity index is 338. The predicted octanol–water partition coefficient (Wildman–Crippen LogP) is 1.83. The molecule has 1 unspecified atom stereocenters. The molecule has 0 spiro atoms. The van der Waals surface area contributed by atoms with Gasteiger partial charge in [-0.1, -0.05) is 6.92 Å². The van der Waals surface area contributed by atoms with Crippen molar-refractivity contribution in [1.29, 1.82) is 0 Å². The van der Waals surface area contributed by atoms with Gasteiger partial charge in [-0.25, -0.2) is 0 Å². The van der Waals surface area contributed by atoms with E-state index >= 15 is 0 Å². The summed E-state index contributed by atoms with van der Waals surface area (Å²) in [7, 11) is 0. The third-order valence-corrected chi connectivity index (χ3v) is 3.23. The zero-order chi connectivity index (χ0) is 11.0. The van der Waals surface area contributed by atoms with Crippen LogP contribution in [0.5, 0.6) is 0 Å². The minimum atomic E-state index is 0.398. The number of hydrogen-bond donors (Lipinski definition) is 1. The Morgan fingerprint density at radius 2 is 2.00 bits per heavy atom. The topological polar surface area (TPSA) is 56.7 Å². The van der Waals surface area contributed by atoms with Crippen LogP contribution in [0.1, 0.15) is 57.2 Å².